The van der Waals surface area contributed by atoms with E-state index in [-0.39, 0.29) is 6.42 Å². The first-order chi connectivity index (χ1) is 7.13. The first-order valence-corrected chi connectivity index (χ1v) is 5.23. The molecule has 78 valence electrons. The Kier molecular flexibility index (Phi) is 4.38. The van der Waals surface area contributed by atoms with E-state index in [4.69, 9.17) is 10.6 Å². The highest BCUT2D eigenvalue weighted by Gasteiger charge is 2.15. The minimum absolute atomic E-state index is 0.218. The molecular weight excluding hydrogens is 309 g/mol. The Morgan fingerprint density at radius 2 is 2.40 bits per heavy atom. The lowest BCUT2D eigenvalue weighted by Gasteiger charge is -2.05. The molecule has 0 bridgehead atoms. The summed E-state index contributed by atoms with van der Waals surface area (Å²) < 4.78 is 1.02. The van der Waals surface area contributed by atoms with Crippen molar-refractivity contribution >= 4 is 28.6 Å². The molecule has 0 fully saturated rings. The summed E-state index contributed by atoms with van der Waals surface area (Å²) in [6, 6.07) is 6.39. The quantitative estimate of drug-likeness (QED) is 0.400. The van der Waals surface area contributed by atoms with Gasteiger partial charge in [-0.1, -0.05) is 17.2 Å². The number of benzene rings is 1. The Bertz CT molecular complexity index is 414. The minimum Gasteiger partial charge on any atom is -0.481 e. The first-order valence-electron chi connectivity index (χ1n) is 4.15. The number of hydrogen-bond donors (Lipinski definition) is 1. The van der Waals surface area contributed by atoms with Gasteiger partial charge >= 0.3 is 5.97 Å². The summed E-state index contributed by atoms with van der Waals surface area (Å²) in [6.45, 7) is 0. The van der Waals surface area contributed by atoms with E-state index in [0.29, 0.717) is 0 Å². The van der Waals surface area contributed by atoms with Gasteiger partial charge in [-0.15, -0.1) is 0 Å². The van der Waals surface area contributed by atoms with Crippen molar-refractivity contribution < 1.29 is 9.90 Å². The van der Waals surface area contributed by atoms with Gasteiger partial charge in [0.25, 0.3) is 0 Å². The summed E-state index contributed by atoms with van der Waals surface area (Å²) in [5.74, 6) is -1.10. The van der Waals surface area contributed by atoms with Crippen LogP contribution in [0.2, 0.25) is 0 Å². The maximum Gasteiger partial charge on any atom is 0.312 e. The molecule has 0 saturated carbocycles. The fourth-order valence-corrected chi connectivity index (χ4v) is 1.73. The molecule has 0 saturated heterocycles. The van der Waals surface area contributed by atoms with Crippen molar-refractivity contribution in [2.75, 3.05) is 0 Å². The van der Waals surface area contributed by atoms with Gasteiger partial charge in [-0.2, -0.15) is 0 Å². The zero-order valence-electron chi connectivity index (χ0n) is 7.67. The van der Waals surface area contributed by atoms with Crippen molar-refractivity contribution in [2.45, 2.75) is 12.5 Å². The highest BCUT2D eigenvalue weighted by atomic mass is 127. The molecule has 1 aromatic carbocycles. The second kappa shape index (κ2) is 5.57. The van der Waals surface area contributed by atoms with Gasteiger partial charge in [0.15, 0.2) is 0 Å². The maximum absolute atomic E-state index is 10.7. The van der Waals surface area contributed by atoms with E-state index < -0.39 is 12.0 Å². The van der Waals surface area contributed by atoms with Gasteiger partial charge < -0.3 is 5.11 Å². The highest BCUT2D eigenvalue weighted by molar-refractivity contribution is 14.1. The van der Waals surface area contributed by atoms with E-state index in [2.05, 4.69) is 32.6 Å². The third kappa shape index (κ3) is 3.77. The lowest BCUT2D eigenvalue weighted by atomic mass is 10.1. The second-order valence-electron chi connectivity index (χ2n) is 2.89. The van der Waals surface area contributed by atoms with Crippen LogP contribution in [0.3, 0.4) is 0 Å². The van der Waals surface area contributed by atoms with Crippen LogP contribution in [-0.4, -0.2) is 17.1 Å². The van der Waals surface area contributed by atoms with Crippen molar-refractivity contribution in [2.24, 2.45) is 5.11 Å². The third-order valence-corrected chi connectivity index (χ3v) is 2.47. The van der Waals surface area contributed by atoms with Crippen molar-refractivity contribution in [3.63, 3.8) is 0 Å². The average Bonchev–Trinajstić information content (AvgIpc) is 2.17. The Morgan fingerprint density at radius 1 is 1.67 bits per heavy atom. The molecule has 0 aromatic heterocycles. The van der Waals surface area contributed by atoms with Crippen LogP contribution < -0.4 is 0 Å². The van der Waals surface area contributed by atoms with Crippen LogP contribution in [0.25, 0.3) is 10.4 Å². The molecule has 1 rings (SSSR count). The average molecular weight is 317 g/mol. The van der Waals surface area contributed by atoms with Gasteiger partial charge in [0, 0.05) is 8.48 Å². The number of nitrogens with zero attached hydrogens (tertiary/aromatic N) is 3. The Balaban J connectivity index is 2.83. The summed E-state index contributed by atoms with van der Waals surface area (Å²) in [4.78, 5) is 13.2. The lowest BCUT2D eigenvalue weighted by molar-refractivity contribution is -0.138. The molecular formula is C9H8IN3O2. The van der Waals surface area contributed by atoms with Crippen LogP contribution in [0.15, 0.2) is 29.4 Å². The Hall–Kier alpha value is -1.27. The monoisotopic (exact) mass is 317 g/mol. The number of halogens is 1. The van der Waals surface area contributed by atoms with E-state index in [1.54, 1.807) is 0 Å². The zero-order valence-corrected chi connectivity index (χ0v) is 9.83. The highest BCUT2D eigenvalue weighted by Crippen LogP contribution is 2.11. The Morgan fingerprint density at radius 3 is 2.93 bits per heavy atom. The van der Waals surface area contributed by atoms with E-state index in [1.807, 2.05) is 24.3 Å². The third-order valence-electron chi connectivity index (χ3n) is 1.79. The number of azide groups is 1. The molecule has 5 nitrogen and oxygen atoms in total. The predicted octanol–water partition coefficient (Wildman–Crippen LogP) is 2.60. The van der Waals surface area contributed by atoms with Crippen molar-refractivity contribution in [1.29, 1.82) is 0 Å². The first kappa shape index (κ1) is 11.8. The summed E-state index contributed by atoms with van der Waals surface area (Å²) in [5.41, 5.74) is 9.06. The summed E-state index contributed by atoms with van der Waals surface area (Å²) in [6.07, 6.45) is 0.218. The lowest BCUT2D eigenvalue weighted by Crippen LogP contribution is -2.19. The molecule has 1 atom stereocenters. The van der Waals surface area contributed by atoms with Crippen molar-refractivity contribution in [1.82, 2.24) is 0 Å². The molecule has 0 heterocycles. The molecule has 0 radical (unpaired) electrons. The van der Waals surface area contributed by atoms with Crippen LogP contribution in [0.1, 0.15) is 5.56 Å². The number of rotatable bonds is 4. The van der Waals surface area contributed by atoms with Crippen molar-refractivity contribution in [3.05, 3.63) is 43.8 Å². The minimum atomic E-state index is -1.10. The van der Waals surface area contributed by atoms with Gasteiger partial charge in [0.05, 0.1) is 0 Å². The number of carbonyl (C=O) groups is 1. The molecule has 1 N–H and O–H groups in total. The number of aliphatic carboxylic acids is 1. The molecule has 0 aliphatic rings. The second-order valence-corrected chi connectivity index (χ2v) is 4.14. The summed E-state index contributed by atoms with van der Waals surface area (Å²) in [7, 11) is 0. The molecule has 6 heteroatoms. The molecule has 15 heavy (non-hydrogen) atoms. The molecule has 0 spiro atoms. The van der Waals surface area contributed by atoms with E-state index in [9.17, 15) is 4.79 Å². The van der Waals surface area contributed by atoms with Crippen LogP contribution in [0.5, 0.6) is 0 Å². The number of carboxylic acid groups (broad SMARTS) is 1. The molecule has 1 aromatic rings. The molecule has 0 aliphatic heterocycles. The Labute approximate surface area is 99.9 Å². The zero-order chi connectivity index (χ0) is 11.3. The predicted molar refractivity (Wildman–Crippen MR) is 63.4 cm³/mol. The molecule has 0 amide bonds. The number of hydrogen-bond acceptors (Lipinski definition) is 2. The molecule has 1 unspecified atom stereocenters. The number of carboxylic acids is 1. The SMILES string of the molecule is [N-]=[N+]=NC(Cc1cccc(I)c1)C(=O)O. The standard InChI is InChI=1S/C9H8IN3O2/c10-7-3-1-2-6(4-7)5-8(9(14)15)12-13-11/h1-4,8H,5H2,(H,14,15). The van der Waals surface area contributed by atoms with E-state index >= 15 is 0 Å². The van der Waals surface area contributed by atoms with E-state index in [0.717, 1.165) is 9.13 Å². The maximum atomic E-state index is 10.7. The van der Waals surface area contributed by atoms with Gasteiger partial charge in [0.1, 0.15) is 6.04 Å². The fourth-order valence-electron chi connectivity index (χ4n) is 1.13. The fraction of sp³-hybridized carbons (Fsp3) is 0.222. The topological polar surface area (TPSA) is 86.1 Å². The summed E-state index contributed by atoms with van der Waals surface area (Å²) in [5, 5.41) is 12.0. The normalized spacial score (nSPS) is 11.5. The molecule has 0 aliphatic carbocycles. The van der Waals surface area contributed by atoms with Gasteiger partial charge in [-0.05, 0) is 52.2 Å². The van der Waals surface area contributed by atoms with Crippen LogP contribution in [0, 0.1) is 3.57 Å². The van der Waals surface area contributed by atoms with Crippen molar-refractivity contribution in [3.8, 4) is 0 Å². The van der Waals surface area contributed by atoms with Crippen LogP contribution in [0.4, 0.5) is 0 Å². The van der Waals surface area contributed by atoms with Gasteiger partial charge in [-0.25, -0.2) is 0 Å². The van der Waals surface area contributed by atoms with Crippen LogP contribution >= 0.6 is 22.6 Å². The van der Waals surface area contributed by atoms with E-state index in [1.165, 1.54) is 0 Å². The summed E-state index contributed by atoms with van der Waals surface area (Å²) >= 11 is 2.14. The van der Waals surface area contributed by atoms with Crippen LogP contribution in [-0.2, 0) is 11.2 Å². The van der Waals surface area contributed by atoms with Gasteiger partial charge in [-0.3, -0.25) is 4.79 Å². The van der Waals surface area contributed by atoms with Gasteiger partial charge in [0.2, 0.25) is 0 Å². The largest absolute Gasteiger partial charge is 0.481 e. The smallest absolute Gasteiger partial charge is 0.312 e.